The van der Waals surface area contributed by atoms with Crippen molar-refractivity contribution >= 4 is 26.7 Å². The average molecular weight is 300 g/mol. The van der Waals surface area contributed by atoms with Gasteiger partial charge in [0.2, 0.25) is 0 Å². The van der Waals surface area contributed by atoms with E-state index in [0.717, 1.165) is 21.5 Å². The number of benzene rings is 1. The molecule has 1 fully saturated rings. The summed E-state index contributed by atoms with van der Waals surface area (Å²) >= 11 is 3.51. The maximum atomic E-state index is 12.0. The molecule has 1 aromatic carbocycles. The van der Waals surface area contributed by atoms with E-state index in [1.54, 1.807) is 0 Å². The average Bonchev–Trinajstić information content (AvgIpc) is 3.06. The van der Waals surface area contributed by atoms with Crippen molar-refractivity contribution in [2.75, 3.05) is 5.75 Å². The predicted molar refractivity (Wildman–Crippen MR) is 68.9 cm³/mol. The number of halogens is 1. The Labute approximate surface area is 106 Å². The molecule has 0 bridgehead atoms. The van der Waals surface area contributed by atoms with Crippen molar-refractivity contribution in [3.8, 4) is 0 Å². The third-order valence-electron chi connectivity index (χ3n) is 3.21. The van der Waals surface area contributed by atoms with Crippen LogP contribution in [0.1, 0.15) is 30.9 Å². The van der Waals surface area contributed by atoms with E-state index >= 15 is 0 Å². The van der Waals surface area contributed by atoms with Crippen LogP contribution in [-0.2, 0) is 10.8 Å². The summed E-state index contributed by atoms with van der Waals surface area (Å²) in [6, 6.07) is 7.22. The van der Waals surface area contributed by atoms with Crippen LogP contribution in [0.4, 0.5) is 0 Å². The van der Waals surface area contributed by atoms with Crippen molar-refractivity contribution < 1.29 is 4.21 Å². The molecule has 1 N–H and O–H groups in total. The van der Waals surface area contributed by atoms with Crippen LogP contribution >= 0.6 is 15.9 Å². The summed E-state index contributed by atoms with van der Waals surface area (Å²) in [6.45, 7) is 0. The second kappa shape index (κ2) is 4.24. The Morgan fingerprint density at radius 2 is 2.12 bits per heavy atom. The Bertz CT molecular complexity index is 445. The van der Waals surface area contributed by atoms with Crippen LogP contribution in [0.3, 0.4) is 0 Å². The lowest BCUT2D eigenvalue weighted by molar-refractivity contribution is 0.501. The van der Waals surface area contributed by atoms with E-state index in [1.165, 1.54) is 18.4 Å². The van der Waals surface area contributed by atoms with Gasteiger partial charge in [-0.25, -0.2) is 0 Å². The van der Waals surface area contributed by atoms with Crippen molar-refractivity contribution in [1.29, 1.82) is 0 Å². The Hall–Kier alpha value is -0.190. The molecule has 1 aromatic rings. The quantitative estimate of drug-likeness (QED) is 0.910. The van der Waals surface area contributed by atoms with Crippen LogP contribution in [0.15, 0.2) is 27.6 Å². The third-order valence-corrected chi connectivity index (χ3v) is 5.65. The van der Waals surface area contributed by atoms with E-state index in [2.05, 4.69) is 27.3 Å². The molecule has 2 aliphatic rings. The van der Waals surface area contributed by atoms with Gasteiger partial charge in [-0.2, -0.15) is 0 Å². The molecule has 0 radical (unpaired) electrons. The molecule has 0 amide bonds. The highest BCUT2D eigenvalue weighted by Gasteiger charge is 2.31. The van der Waals surface area contributed by atoms with Crippen LogP contribution in [0, 0.1) is 0 Å². The van der Waals surface area contributed by atoms with Crippen LogP contribution in [0.25, 0.3) is 0 Å². The highest BCUT2D eigenvalue weighted by Crippen LogP contribution is 2.36. The van der Waals surface area contributed by atoms with Gasteiger partial charge in [-0.3, -0.25) is 4.21 Å². The monoisotopic (exact) mass is 299 g/mol. The molecule has 1 saturated carbocycles. The van der Waals surface area contributed by atoms with Crippen molar-refractivity contribution in [1.82, 2.24) is 5.32 Å². The summed E-state index contributed by atoms with van der Waals surface area (Å²) in [5.74, 6) is 0.778. The normalized spacial score (nSPS) is 28.8. The molecule has 2 nitrogen and oxygen atoms in total. The van der Waals surface area contributed by atoms with Crippen molar-refractivity contribution in [3.63, 3.8) is 0 Å². The summed E-state index contributed by atoms with van der Waals surface area (Å²) in [6.07, 6.45) is 3.58. The lowest BCUT2D eigenvalue weighted by Gasteiger charge is -2.26. The van der Waals surface area contributed by atoms with E-state index in [9.17, 15) is 4.21 Å². The van der Waals surface area contributed by atoms with Gasteiger partial charge >= 0.3 is 0 Å². The zero-order valence-corrected chi connectivity index (χ0v) is 11.3. The predicted octanol–water partition coefficient (Wildman–Crippen LogP) is 2.75. The molecule has 2 unspecified atom stereocenters. The maximum Gasteiger partial charge on any atom is 0.0577 e. The largest absolute Gasteiger partial charge is 0.307 e. The fraction of sp³-hybridized carbons (Fsp3) is 0.500. The van der Waals surface area contributed by atoms with Gasteiger partial charge in [0.15, 0.2) is 0 Å². The summed E-state index contributed by atoms with van der Waals surface area (Å²) in [7, 11) is -0.829. The van der Waals surface area contributed by atoms with E-state index < -0.39 is 10.8 Å². The fourth-order valence-corrected chi connectivity index (χ4v) is 4.57. The van der Waals surface area contributed by atoms with Gasteiger partial charge < -0.3 is 5.32 Å². The van der Waals surface area contributed by atoms with Crippen LogP contribution in [-0.4, -0.2) is 16.0 Å². The minimum absolute atomic E-state index is 0.401. The Morgan fingerprint density at radius 1 is 1.31 bits per heavy atom. The summed E-state index contributed by atoms with van der Waals surface area (Å²) in [5.41, 5.74) is 1.23. The summed E-state index contributed by atoms with van der Waals surface area (Å²) in [5, 5.41) is 3.64. The van der Waals surface area contributed by atoms with Gasteiger partial charge in [-0.1, -0.05) is 12.1 Å². The molecule has 1 aliphatic heterocycles. The maximum absolute atomic E-state index is 12.0. The van der Waals surface area contributed by atoms with Crippen molar-refractivity contribution in [3.05, 3.63) is 28.2 Å². The summed E-state index contributed by atoms with van der Waals surface area (Å²) in [4.78, 5) is 1.01. The second-order valence-corrected chi connectivity index (χ2v) is 6.85. The first-order chi connectivity index (χ1) is 7.75. The highest BCUT2D eigenvalue weighted by molar-refractivity contribution is 9.10. The second-order valence-electron chi connectivity index (χ2n) is 4.49. The van der Waals surface area contributed by atoms with E-state index in [-0.39, 0.29) is 0 Å². The first-order valence-electron chi connectivity index (χ1n) is 5.68. The van der Waals surface area contributed by atoms with Gasteiger partial charge in [0.05, 0.1) is 15.7 Å². The molecular formula is C12H14BrNOS. The highest BCUT2D eigenvalue weighted by atomic mass is 79.9. The topological polar surface area (TPSA) is 29.1 Å². The van der Waals surface area contributed by atoms with Crippen LogP contribution in [0.2, 0.25) is 0 Å². The molecular weight excluding hydrogens is 286 g/mol. The third kappa shape index (κ3) is 1.98. The Morgan fingerprint density at radius 3 is 2.88 bits per heavy atom. The Kier molecular flexibility index (Phi) is 2.90. The molecule has 86 valence electrons. The van der Waals surface area contributed by atoms with Crippen molar-refractivity contribution in [2.24, 2.45) is 0 Å². The molecule has 0 aromatic heterocycles. The van der Waals surface area contributed by atoms with Gasteiger partial charge in [-0.15, -0.1) is 0 Å². The lowest BCUT2D eigenvalue weighted by Crippen LogP contribution is -2.29. The van der Waals surface area contributed by atoms with E-state index in [4.69, 9.17) is 0 Å². The number of hydrogen-bond donors (Lipinski definition) is 1. The molecule has 0 saturated heterocycles. The standard InChI is InChI=1S/C12H14BrNOS/c13-10-3-1-2-9-11(14-8-4-5-8)6-7-16(15)12(9)10/h1-3,8,11,14H,4-7H2. The van der Waals surface area contributed by atoms with Gasteiger partial charge in [-0.05, 0) is 46.8 Å². The minimum Gasteiger partial charge on any atom is -0.307 e. The van der Waals surface area contributed by atoms with Gasteiger partial charge in [0, 0.05) is 22.3 Å². The lowest BCUT2D eigenvalue weighted by atomic mass is 10.0. The van der Waals surface area contributed by atoms with Crippen LogP contribution in [0.5, 0.6) is 0 Å². The summed E-state index contributed by atoms with van der Waals surface area (Å²) < 4.78 is 13.0. The van der Waals surface area contributed by atoms with E-state index in [0.29, 0.717) is 12.1 Å². The van der Waals surface area contributed by atoms with E-state index in [1.807, 2.05) is 12.1 Å². The molecule has 2 atom stereocenters. The SMILES string of the molecule is O=S1CCC(NC2CC2)c2cccc(Br)c21. The van der Waals surface area contributed by atoms with Crippen molar-refractivity contribution in [2.45, 2.75) is 36.2 Å². The molecule has 16 heavy (non-hydrogen) atoms. The van der Waals surface area contributed by atoms with Gasteiger partial charge in [0.1, 0.15) is 0 Å². The molecule has 0 spiro atoms. The van der Waals surface area contributed by atoms with Crippen LogP contribution < -0.4 is 5.32 Å². The Balaban J connectivity index is 1.98. The van der Waals surface area contributed by atoms with Gasteiger partial charge in [0.25, 0.3) is 0 Å². The number of rotatable bonds is 2. The molecule has 1 aliphatic carbocycles. The molecule has 1 heterocycles. The zero-order valence-electron chi connectivity index (χ0n) is 8.91. The number of nitrogens with one attached hydrogen (secondary N) is 1. The fourth-order valence-electron chi connectivity index (χ4n) is 2.23. The number of fused-ring (bicyclic) bond motifs is 1. The minimum atomic E-state index is -0.829. The zero-order chi connectivity index (χ0) is 11.1. The molecule has 3 rings (SSSR count). The first-order valence-corrected chi connectivity index (χ1v) is 7.80. The number of hydrogen-bond acceptors (Lipinski definition) is 2. The smallest absolute Gasteiger partial charge is 0.0577 e. The first kappa shape index (κ1) is 10.9. The molecule has 4 heteroatoms.